The summed E-state index contributed by atoms with van der Waals surface area (Å²) in [5.41, 5.74) is 6.47. The molecular formula is C14H18N2O3. The molecule has 0 spiro atoms. The monoisotopic (exact) mass is 262 g/mol. The minimum atomic E-state index is -0.388. The lowest BCUT2D eigenvalue weighted by atomic mass is 9.96. The van der Waals surface area contributed by atoms with Crippen molar-refractivity contribution in [3.05, 3.63) is 18.2 Å². The van der Waals surface area contributed by atoms with Gasteiger partial charge in [-0.15, -0.1) is 0 Å². The fourth-order valence-corrected chi connectivity index (χ4v) is 2.66. The first-order chi connectivity index (χ1) is 9.00. The smallest absolute Gasteiger partial charge is 0.229 e. The third kappa shape index (κ3) is 1.85. The van der Waals surface area contributed by atoms with Crippen LogP contribution >= 0.6 is 0 Å². The number of amides is 1. The predicted molar refractivity (Wildman–Crippen MR) is 71.6 cm³/mol. The van der Waals surface area contributed by atoms with E-state index in [9.17, 15) is 4.79 Å². The highest BCUT2D eigenvalue weighted by molar-refractivity contribution is 5.98. The van der Waals surface area contributed by atoms with Crippen LogP contribution in [0, 0.1) is 0 Å². The van der Waals surface area contributed by atoms with Gasteiger partial charge in [-0.2, -0.15) is 0 Å². The number of nitrogens with zero attached hydrogens (tertiary/aromatic N) is 1. The van der Waals surface area contributed by atoms with E-state index in [2.05, 4.69) is 0 Å². The molecule has 0 aliphatic carbocycles. The first-order valence-electron chi connectivity index (χ1n) is 6.48. The standard InChI is InChI=1S/C14H18N2O3/c1-14(2)12(15)8-13(17)16(14)9-3-4-10-11(7-9)19-6-5-18-10/h3-4,7,12H,5-6,8,15H2,1-2H3. The van der Waals surface area contributed by atoms with Crippen LogP contribution in [0.15, 0.2) is 18.2 Å². The second kappa shape index (κ2) is 4.13. The number of carbonyl (C=O) groups excluding carboxylic acids is 1. The molecule has 2 aliphatic rings. The van der Waals surface area contributed by atoms with Crippen LogP contribution in [-0.2, 0) is 4.79 Å². The van der Waals surface area contributed by atoms with Crippen LogP contribution in [0.3, 0.4) is 0 Å². The second-order valence-corrected chi connectivity index (χ2v) is 5.52. The van der Waals surface area contributed by atoms with Crippen molar-refractivity contribution in [3.63, 3.8) is 0 Å². The van der Waals surface area contributed by atoms with Gasteiger partial charge in [0, 0.05) is 24.2 Å². The largest absolute Gasteiger partial charge is 0.486 e. The molecule has 1 atom stereocenters. The van der Waals surface area contributed by atoms with Crippen molar-refractivity contribution in [2.24, 2.45) is 5.73 Å². The normalized spacial score (nSPS) is 24.7. The zero-order chi connectivity index (χ0) is 13.6. The average molecular weight is 262 g/mol. The van der Waals surface area contributed by atoms with Gasteiger partial charge in [-0.3, -0.25) is 4.79 Å². The number of benzene rings is 1. The van der Waals surface area contributed by atoms with Gasteiger partial charge in [0.2, 0.25) is 5.91 Å². The third-order valence-electron chi connectivity index (χ3n) is 3.91. The van der Waals surface area contributed by atoms with Gasteiger partial charge >= 0.3 is 0 Å². The number of nitrogens with two attached hydrogens (primary N) is 1. The number of rotatable bonds is 1. The third-order valence-corrected chi connectivity index (χ3v) is 3.91. The Bertz CT molecular complexity index is 527. The number of hydrogen-bond acceptors (Lipinski definition) is 4. The topological polar surface area (TPSA) is 64.8 Å². The molecule has 2 aliphatic heterocycles. The molecule has 1 fully saturated rings. The lowest BCUT2D eigenvalue weighted by Gasteiger charge is -2.35. The first kappa shape index (κ1) is 12.3. The molecule has 1 unspecified atom stereocenters. The molecule has 19 heavy (non-hydrogen) atoms. The molecule has 1 saturated heterocycles. The van der Waals surface area contributed by atoms with E-state index < -0.39 is 0 Å². The van der Waals surface area contributed by atoms with E-state index in [1.165, 1.54) is 0 Å². The Hall–Kier alpha value is -1.75. The van der Waals surface area contributed by atoms with E-state index in [0.717, 1.165) is 11.4 Å². The first-order valence-corrected chi connectivity index (χ1v) is 6.48. The molecule has 3 rings (SSSR count). The summed E-state index contributed by atoms with van der Waals surface area (Å²) in [6.07, 6.45) is 0.376. The molecule has 0 radical (unpaired) electrons. The Kier molecular flexibility index (Phi) is 2.67. The molecule has 0 aromatic heterocycles. The van der Waals surface area contributed by atoms with E-state index in [0.29, 0.717) is 25.4 Å². The summed E-state index contributed by atoms with van der Waals surface area (Å²) in [6.45, 7) is 5.07. The molecule has 2 heterocycles. The van der Waals surface area contributed by atoms with Crippen molar-refractivity contribution in [3.8, 4) is 11.5 Å². The molecule has 1 aromatic carbocycles. The summed E-state index contributed by atoms with van der Waals surface area (Å²) >= 11 is 0. The molecular weight excluding hydrogens is 244 g/mol. The average Bonchev–Trinajstić information content (AvgIpc) is 2.58. The van der Waals surface area contributed by atoms with E-state index in [1.54, 1.807) is 4.90 Å². The van der Waals surface area contributed by atoms with Crippen LogP contribution in [0.5, 0.6) is 11.5 Å². The maximum absolute atomic E-state index is 12.1. The van der Waals surface area contributed by atoms with Crippen LogP contribution in [-0.4, -0.2) is 30.7 Å². The Morgan fingerprint density at radius 1 is 1.26 bits per heavy atom. The van der Waals surface area contributed by atoms with E-state index in [1.807, 2.05) is 32.0 Å². The Balaban J connectivity index is 2.00. The molecule has 1 amide bonds. The van der Waals surface area contributed by atoms with Crippen LogP contribution < -0.4 is 20.1 Å². The fourth-order valence-electron chi connectivity index (χ4n) is 2.66. The molecule has 5 heteroatoms. The molecule has 5 nitrogen and oxygen atoms in total. The van der Waals surface area contributed by atoms with Gasteiger partial charge in [-0.25, -0.2) is 0 Å². The molecule has 2 N–H and O–H groups in total. The van der Waals surface area contributed by atoms with Gasteiger partial charge in [0.25, 0.3) is 0 Å². The predicted octanol–water partition coefficient (Wildman–Crippen LogP) is 1.30. The molecule has 102 valence electrons. The second-order valence-electron chi connectivity index (χ2n) is 5.52. The van der Waals surface area contributed by atoms with Gasteiger partial charge in [-0.05, 0) is 26.0 Å². The van der Waals surface area contributed by atoms with Crippen LogP contribution in [0.1, 0.15) is 20.3 Å². The summed E-state index contributed by atoms with van der Waals surface area (Å²) in [4.78, 5) is 13.9. The summed E-state index contributed by atoms with van der Waals surface area (Å²) in [5.74, 6) is 1.46. The Labute approximate surface area is 112 Å². The Morgan fingerprint density at radius 3 is 2.58 bits per heavy atom. The quantitative estimate of drug-likeness (QED) is 0.828. The van der Waals surface area contributed by atoms with Gasteiger partial charge < -0.3 is 20.1 Å². The number of hydrogen-bond donors (Lipinski definition) is 1. The van der Waals surface area contributed by atoms with Crippen molar-refractivity contribution in [1.29, 1.82) is 0 Å². The highest BCUT2D eigenvalue weighted by Crippen LogP contribution is 2.39. The number of ether oxygens (including phenoxy) is 2. The lowest BCUT2D eigenvalue weighted by molar-refractivity contribution is -0.117. The van der Waals surface area contributed by atoms with Crippen molar-refractivity contribution < 1.29 is 14.3 Å². The van der Waals surface area contributed by atoms with Crippen LogP contribution in [0.25, 0.3) is 0 Å². The minimum absolute atomic E-state index is 0.0502. The van der Waals surface area contributed by atoms with Crippen LogP contribution in [0.4, 0.5) is 5.69 Å². The highest BCUT2D eigenvalue weighted by atomic mass is 16.6. The Morgan fingerprint density at radius 2 is 1.95 bits per heavy atom. The van der Waals surface area contributed by atoms with E-state index in [-0.39, 0.29) is 17.5 Å². The van der Waals surface area contributed by atoms with Crippen molar-refractivity contribution in [2.45, 2.75) is 31.8 Å². The number of fused-ring (bicyclic) bond motifs is 1. The molecule has 1 aromatic rings. The van der Waals surface area contributed by atoms with Crippen molar-refractivity contribution >= 4 is 11.6 Å². The van der Waals surface area contributed by atoms with Gasteiger partial charge in [0.1, 0.15) is 13.2 Å². The van der Waals surface area contributed by atoms with Crippen LogP contribution in [0.2, 0.25) is 0 Å². The van der Waals surface area contributed by atoms with Gasteiger partial charge in [0.15, 0.2) is 11.5 Å². The zero-order valence-electron chi connectivity index (χ0n) is 11.2. The zero-order valence-corrected chi connectivity index (χ0v) is 11.2. The summed E-state index contributed by atoms with van der Waals surface area (Å²) < 4.78 is 11.0. The minimum Gasteiger partial charge on any atom is -0.486 e. The lowest BCUT2D eigenvalue weighted by Crippen LogP contribution is -2.49. The molecule has 0 saturated carbocycles. The van der Waals surface area contributed by atoms with E-state index >= 15 is 0 Å². The van der Waals surface area contributed by atoms with E-state index in [4.69, 9.17) is 15.2 Å². The van der Waals surface area contributed by atoms with Crippen molar-refractivity contribution in [2.75, 3.05) is 18.1 Å². The SMILES string of the molecule is CC1(C)C(N)CC(=O)N1c1ccc2c(c1)OCCO2. The fraction of sp³-hybridized carbons (Fsp3) is 0.500. The molecule has 0 bridgehead atoms. The number of anilines is 1. The van der Waals surface area contributed by atoms with Crippen molar-refractivity contribution in [1.82, 2.24) is 0 Å². The van der Waals surface area contributed by atoms with Gasteiger partial charge in [-0.1, -0.05) is 0 Å². The highest BCUT2D eigenvalue weighted by Gasteiger charge is 2.45. The maximum Gasteiger partial charge on any atom is 0.229 e. The number of carbonyl (C=O) groups is 1. The van der Waals surface area contributed by atoms with Gasteiger partial charge in [0.05, 0.1) is 5.54 Å². The summed E-state index contributed by atoms with van der Waals surface area (Å²) in [6, 6.07) is 5.42. The maximum atomic E-state index is 12.1. The summed E-state index contributed by atoms with van der Waals surface area (Å²) in [5, 5.41) is 0. The summed E-state index contributed by atoms with van der Waals surface area (Å²) in [7, 11) is 0.